The quantitative estimate of drug-likeness (QED) is 0.165. The molecule has 0 spiro atoms. The number of allylic oxidation sites excluding steroid dienone is 1. The van der Waals surface area contributed by atoms with E-state index in [9.17, 15) is 29.6 Å². The van der Waals surface area contributed by atoms with Crippen molar-refractivity contribution in [3.8, 4) is 0 Å². The van der Waals surface area contributed by atoms with Gasteiger partial charge in [0.1, 0.15) is 5.41 Å². The Labute approximate surface area is 226 Å². The van der Waals surface area contributed by atoms with E-state index in [0.29, 0.717) is 12.1 Å². The molecule has 2 heterocycles. The number of carbonyl (C=O) groups excluding carboxylic acids is 2. The molecule has 210 valence electrons. The van der Waals surface area contributed by atoms with Crippen LogP contribution in [0, 0.1) is 15.5 Å². The third-order valence-corrected chi connectivity index (χ3v) is 7.27. The first kappa shape index (κ1) is 29.3. The average molecular weight is 543 g/mol. The number of imidazole rings is 1. The molecule has 12 nitrogen and oxygen atoms in total. The van der Waals surface area contributed by atoms with Crippen molar-refractivity contribution < 1.29 is 33.9 Å². The van der Waals surface area contributed by atoms with Crippen molar-refractivity contribution in [1.82, 2.24) is 14.9 Å². The van der Waals surface area contributed by atoms with Crippen molar-refractivity contribution in [2.75, 3.05) is 13.7 Å². The van der Waals surface area contributed by atoms with Gasteiger partial charge in [0, 0.05) is 61.6 Å². The van der Waals surface area contributed by atoms with Gasteiger partial charge in [0.15, 0.2) is 0 Å². The molecule has 1 aliphatic heterocycles. The number of unbranched alkanes of at least 4 members (excludes halogenated alkanes) is 2. The van der Waals surface area contributed by atoms with E-state index >= 15 is 0 Å². The van der Waals surface area contributed by atoms with E-state index in [-0.39, 0.29) is 36.3 Å². The van der Waals surface area contributed by atoms with Crippen molar-refractivity contribution in [1.29, 1.82) is 0 Å². The number of aromatic nitrogens is 2. The van der Waals surface area contributed by atoms with Crippen molar-refractivity contribution >= 4 is 23.6 Å². The summed E-state index contributed by atoms with van der Waals surface area (Å²) in [6.45, 7) is 3.89. The van der Waals surface area contributed by atoms with E-state index in [4.69, 9.17) is 9.47 Å². The number of benzene rings is 1. The Kier molecular flexibility index (Phi) is 9.80. The molecule has 1 aromatic heterocycles. The molecule has 0 saturated carbocycles. The van der Waals surface area contributed by atoms with E-state index < -0.39 is 40.2 Å². The zero-order chi connectivity index (χ0) is 28.6. The van der Waals surface area contributed by atoms with Crippen LogP contribution < -0.4 is 5.32 Å². The molecule has 0 bridgehead atoms. The molecule has 2 N–H and O–H groups in total. The zero-order valence-corrected chi connectivity index (χ0v) is 22.3. The summed E-state index contributed by atoms with van der Waals surface area (Å²) >= 11 is 0. The molecule has 0 radical (unpaired) electrons. The van der Waals surface area contributed by atoms with Crippen LogP contribution in [-0.4, -0.2) is 57.2 Å². The largest absolute Gasteiger partial charge is 0.481 e. The van der Waals surface area contributed by atoms with Crippen LogP contribution in [0.1, 0.15) is 57.4 Å². The number of carboxylic acid groups (broad SMARTS) is 1. The van der Waals surface area contributed by atoms with Crippen molar-refractivity contribution in [3.05, 3.63) is 69.9 Å². The predicted molar refractivity (Wildman–Crippen MR) is 139 cm³/mol. The summed E-state index contributed by atoms with van der Waals surface area (Å²) in [4.78, 5) is 53.2. The van der Waals surface area contributed by atoms with Gasteiger partial charge in [-0.05, 0) is 32.3 Å². The number of nitro benzene ring substituents is 1. The van der Waals surface area contributed by atoms with Gasteiger partial charge in [-0.15, -0.1) is 0 Å². The minimum atomic E-state index is -1.68. The van der Waals surface area contributed by atoms with Crippen LogP contribution in [0.15, 0.2) is 54.3 Å². The Morgan fingerprint density at radius 1 is 1.26 bits per heavy atom. The Morgan fingerprint density at radius 2 is 2.03 bits per heavy atom. The summed E-state index contributed by atoms with van der Waals surface area (Å²) in [5.74, 6) is -3.52. The van der Waals surface area contributed by atoms with Crippen LogP contribution in [0.4, 0.5) is 5.69 Å². The highest BCUT2D eigenvalue weighted by Gasteiger charge is 2.56. The highest BCUT2D eigenvalue weighted by molar-refractivity contribution is 5.94. The van der Waals surface area contributed by atoms with E-state index in [2.05, 4.69) is 10.3 Å². The number of carbonyl (C=O) groups is 3. The molecule has 1 aliphatic rings. The summed E-state index contributed by atoms with van der Waals surface area (Å²) in [6.07, 6.45) is 7.69. The van der Waals surface area contributed by atoms with Gasteiger partial charge in [-0.3, -0.25) is 19.7 Å². The number of ether oxygens (including phenoxy) is 2. The van der Waals surface area contributed by atoms with Gasteiger partial charge in [-0.2, -0.15) is 0 Å². The summed E-state index contributed by atoms with van der Waals surface area (Å²) in [5, 5.41) is 25.1. The second-order valence-corrected chi connectivity index (χ2v) is 9.61. The fraction of sp³-hybridized carbons (Fsp3) is 0.481. The van der Waals surface area contributed by atoms with Crippen LogP contribution in [-0.2, 0) is 30.4 Å². The lowest BCUT2D eigenvalue weighted by atomic mass is 9.60. The first-order valence-electron chi connectivity index (χ1n) is 12.8. The SMILES string of the molecule is COC(=O)C1=C(C)NC(C)C(CCOC(=O)CCCCCn2ccnc2)(C(=O)O)C1c1cccc([N+](=O)[O-])c1. The van der Waals surface area contributed by atoms with E-state index in [1.54, 1.807) is 32.4 Å². The number of carboxylic acids is 1. The summed E-state index contributed by atoms with van der Waals surface area (Å²) in [7, 11) is 1.19. The second-order valence-electron chi connectivity index (χ2n) is 9.61. The number of esters is 2. The monoisotopic (exact) mass is 542 g/mol. The number of methoxy groups -OCH3 is 1. The number of rotatable bonds is 13. The van der Waals surface area contributed by atoms with Crippen LogP contribution >= 0.6 is 0 Å². The highest BCUT2D eigenvalue weighted by atomic mass is 16.6. The molecule has 0 aliphatic carbocycles. The maximum atomic E-state index is 13.0. The lowest BCUT2D eigenvalue weighted by molar-refractivity contribution is -0.384. The van der Waals surface area contributed by atoms with Crippen LogP contribution in [0.25, 0.3) is 0 Å². The molecular weight excluding hydrogens is 508 g/mol. The van der Waals surface area contributed by atoms with Crippen molar-refractivity contribution in [3.63, 3.8) is 0 Å². The zero-order valence-electron chi connectivity index (χ0n) is 22.3. The number of hydrogen-bond donors (Lipinski definition) is 2. The summed E-state index contributed by atoms with van der Waals surface area (Å²) in [6, 6.07) is 4.85. The Balaban J connectivity index is 1.79. The molecule has 2 aromatic rings. The molecule has 3 rings (SSSR count). The van der Waals surface area contributed by atoms with Gasteiger partial charge in [-0.25, -0.2) is 9.78 Å². The van der Waals surface area contributed by atoms with Crippen LogP contribution in [0.3, 0.4) is 0 Å². The van der Waals surface area contributed by atoms with Gasteiger partial charge in [0.2, 0.25) is 0 Å². The number of non-ortho nitro benzene ring substituents is 1. The van der Waals surface area contributed by atoms with Gasteiger partial charge in [0.05, 0.1) is 30.5 Å². The first-order chi connectivity index (χ1) is 18.6. The lowest BCUT2D eigenvalue weighted by Gasteiger charge is -2.47. The fourth-order valence-corrected chi connectivity index (χ4v) is 5.26. The molecule has 3 unspecified atom stereocenters. The maximum absolute atomic E-state index is 13.0. The third-order valence-electron chi connectivity index (χ3n) is 7.27. The normalized spacial score (nSPS) is 20.7. The van der Waals surface area contributed by atoms with Crippen LogP contribution in [0.5, 0.6) is 0 Å². The Bertz CT molecular complexity index is 1230. The van der Waals surface area contributed by atoms with E-state index in [1.165, 1.54) is 25.3 Å². The average Bonchev–Trinajstić information content (AvgIpc) is 3.42. The Morgan fingerprint density at radius 3 is 2.67 bits per heavy atom. The topological polar surface area (TPSA) is 163 Å². The molecule has 1 aromatic carbocycles. The minimum absolute atomic E-state index is 0.0581. The van der Waals surface area contributed by atoms with Crippen molar-refractivity contribution in [2.24, 2.45) is 5.41 Å². The van der Waals surface area contributed by atoms with E-state index in [1.807, 2.05) is 10.8 Å². The molecule has 39 heavy (non-hydrogen) atoms. The standard InChI is InChI=1S/C27H34N4O8/c1-18-23(25(33)38-3)24(20-8-7-9-21(16-20)31(36)37)27(26(34)35,19(2)29-18)11-15-39-22(32)10-5-4-6-13-30-14-12-28-17-30/h7-9,12,14,16-17,19,24,29H,4-6,10-11,13,15H2,1-3H3,(H,34,35). The fourth-order valence-electron chi connectivity index (χ4n) is 5.26. The summed E-state index contributed by atoms with van der Waals surface area (Å²) < 4.78 is 12.4. The first-order valence-corrected chi connectivity index (χ1v) is 12.8. The maximum Gasteiger partial charge on any atom is 0.336 e. The Hall–Kier alpha value is -4.22. The number of hydrogen-bond acceptors (Lipinski definition) is 9. The highest BCUT2D eigenvalue weighted by Crippen LogP contribution is 2.51. The number of aryl methyl sites for hydroxylation is 1. The predicted octanol–water partition coefficient (Wildman–Crippen LogP) is 3.58. The number of aliphatic carboxylic acids is 1. The third kappa shape index (κ3) is 6.62. The molecule has 0 saturated heterocycles. The number of nitro groups is 1. The number of nitrogens with zero attached hydrogens (tertiary/aromatic N) is 3. The molecule has 12 heteroatoms. The number of nitrogens with one attached hydrogen (secondary N) is 1. The van der Waals surface area contributed by atoms with E-state index in [0.717, 1.165) is 19.4 Å². The minimum Gasteiger partial charge on any atom is -0.481 e. The molecule has 0 fully saturated rings. The lowest BCUT2D eigenvalue weighted by Crippen LogP contribution is -2.57. The molecular formula is C27H34N4O8. The van der Waals surface area contributed by atoms with Crippen LogP contribution in [0.2, 0.25) is 0 Å². The van der Waals surface area contributed by atoms with Gasteiger partial charge in [-0.1, -0.05) is 18.6 Å². The smallest absolute Gasteiger partial charge is 0.336 e. The second kappa shape index (κ2) is 13.0. The van der Waals surface area contributed by atoms with Gasteiger partial charge < -0.3 is 24.5 Å². The van der Waals surface area contributed by atoms with Crippen molar-refractivity contribution in [2.45, 2.75) is 64.5 Å². The molecule has 0 amide bonds. The molecule has 3 atom stereocenters. The van der Waals surface area contributed by atoms with Gasteiger partial charge >= 0.3 is 17.9 Å². The van der Waals surface area contributed by atoms with Gasteiger partial charge in [0.25, 0.3) is 5.69 Å². The summed E-state index contributed by atoms with van der Waals surface area (Å²) in [5.41, 5.74) is -1.16.